The van der Waals surface area contributed by atoms with Crippen LogP contribution < -0.4 is 10.1 Å². The fraction of sp³-hybridized carbons (Fsp3) is 0.300. The van der Waals surface area contributed by atoms with Gasteiger partial charge in [0.25, 0.3) is 5.91 Å². The number of tetrazole rings is 1. The fourth-order valence-electron chi connectivity index (χ4n) is 2.89. The zero-order chi connectivity index (χ0) is 18.6. The summed E-state index contributed by atoms with van der Waals surface area (Å²) < 4.78 is 7.45. The maximum absolute atomic E-state index is 12.2. The first-order valence-corrected chi connectivity index (χ1v) is 9.13. The molecular weight excluding hydrogens is 342 g/mol. The van der Waals surface area contributed by atoms with E-state index in [4.69, 9.17) is 4.74 Å². The lowest BCUT2D eigenvalue weighted by atomic mass is 10.2. The Morgan fingerprint density at radius 3 is 2.89 bits per heavy atom. The Bertz CT molecular complexity index is 949. The number of carbonyl (C=O) groups is 1. The van der Waals surface area contributed by atoms with E-state index in [-0.39, 0.29) is 12.5 Å². The van der Waals surface area contributed by atoms with Crippen molar-refractivity contribution in [3.05, 3.63) is 54.1 Å². The van der Waals surface area contributed by atoms with Gasteiger partial charge in [-0.3, -0.25) is 4.79 Å². The van der Waals surface area contributed by atoms with Crippen LogP contribution in [-0.2, 0) is 11.2 Å². The van der Waals surface area contributed by atoms with E-state index in [2.05, 4.69) is 27.8 Å². The molecule has 1 aromatic heterocycles. The molecule has 0 radical (unpaired) electrons. The molecule has 0 spiro atoms. The third-order valence-corrected chi connectivity index (χ3v) is 4.47. The SMILES string of the molecule is CCc1cccc(OCC(=O)Nc2cccc(-c3nnnn3C3CC3)c2)c1. The van der Waals surface area contributed by atoms with Gasteiger partial charge in [0.1, 0.15) is 5.75 Å². The van der Waals surface area contributed by atoms with Gasteiger partial charge >= 0.3 is 0 Å². The lowest BCUT2D eigenvalue weighted by molar-refractivity contribution is -0.118. The zero-order valence-electron chi connectivity index (χ0n) is 15.1. The van der Waals surface area contributed by atoms with Crippen LogP contribution in [0.3, 0.4) is 0 Å². The summed E-state index contributed by atoms with van der Waals surface area (Å²) in [5.74, 6) is 1.21. The van der Waals surface area contributed by atoms with Crippen LogP contribution in [0.25, 0.3) is 11.4 Å². The average molecular weight is 363 g/mol. The van der Waals surface area contributed by atoms with Crippen molar-refractivity contribution in [2.75, 3.05) is 11.9 Å². The summed E-state index contributed by atoms with van der Waals surface area (Å²) in [5, 5.41) is 14.8. The highest BCUT2D eigenvalue weighted by Gasteiger charge is 2.28. The average Bonchev–Trinajstić information content (AvgIpc) is 3.43. The Morgan fingerprint density at radius 2 is 2.07 bits per heavy atom. The van der Waals surface area contributed by atoms with Crippen molar-refractivity contribution in [1.29, 1.82) is 0 Å². The van der Waals surface area contributed by atoms with Crippen molar-refractivity contribution in [1.82, 2.24) is 20.2 Å². The van der Waals surface area contributed by atoms with Crippen LogP contribution >= 0.6 is 0 Å². The molecule has 3 aromatic rings. The maximum atomic E-state index is 12.2. The molecule has 0 atom stereocenters. The van der Waals surface area contributed by atoms with E-state index in [1.807, 2.05) is 53.2 Å². The van der Waals surface area contributed by atoms with Crippen LogP contribution in [0.2, 0.25) is 0 Å². The normalized spacial score (nSPS) is 13.4. The Labute approximate surface area is 157 Å². The minimum absolute atomic E-state index is 0.0444. The first-order chi connectivity index (χ1) is 13.2. The Balaban J connectivity index is 1.40. The molecule has 7 heteroatoms. The number of benzene rings is 2. The first kappa shape index (κ1) is 17.2. The van der Waals surface area contributed by atoms with Gasteiger partial charge in [-0.15, -0.1) is 5.10 Å². The molecule has 0 bridgehead atoms. The number of aromatic nitrogens is 4. The molecule has 0 aliphatic heterocycles. The van der Waals surface area contributed by atoms with Crippen LogP contribution in [0, 0.1) is 0 Å². The van der Waals surface area contributed by atoms with Crippen LogP contribution in [0.15, 0.2) is 48.5 Å². The second-order valence-electron chi connectivity index (χ2n) is 6.60. The smallest absolute Gasteiger partial charge is 0.262 e. The standard InChI is InChI=1S/C20H21N5O2/c1-2-14-5-3-8-18(11-14)27-13-19(26)21-16-7-4-6-15(12-16)20-22-23-24-25(20)17-9-10-17/h3-8,11-12,17H,2,9-10,13H2,1H3,(H,21,26). The van der Waals surface area contributed by atoms with Gasteiger partial charge in [-0.05, 0) is 59.5 Å². The molecule has 0 saturated heterocycles. The number of carbonyl (C=O) groups excluding carboxylic acids is 1. The molecule has 4 rings (SSSR count). The van der Waals surface area contributed by atoms with E-state index < -0.39 is 0 Å². The van der Waals surface area contributed by atoms with Crippen molar-refractivity contribution in [3.8, 4) is 17.1 Å². The molecule has 1 fully saturated rings. The molecule has 1 heterocycles. The van der Waals surface area contributed by atoms with Gasteiger partial charge in [0.2, 0.25) is 0 Å². The minimum Gasteiger partial charge on any atom is -0.484 e. The van der Waals surface area contributed by atoms with E-state index in [0.29, 0.717) is 17.5 Å². The summed E-state index contributed by atoms with van der Waals surface area (Å²) in [7, 11) is 0. The molecule has 1 aliphatic rings. The molecule has 2 aromatic carbocycles. The number of amides is 1. The van der Waals surface area contributed by atoms with Gasteiger partial charge in [0.05, 0.1) is 6.04 Å². The molecule has 1 amide bonds. The highest BCUT2D eigenvalue weighted by atomic mass is 16.5. The van der Waals surface area contributed by atoms with Crippen LogP contribution in [0.5, 0.6) is 5.75 Å². The summed E-state index contributed by atoms with van der Waals surface area (Å²) in [5.41, 5.74) is 2.74. The molecule has 7 nitrogen and oxygen atoms in total. The third kappa shape index (κ3) is 4.13. The number of rotatable bonds is 7. The number of nitrogens with zero attached hydrogens (tertiary/aromatic N) is 4. The van der Waals surface area contributed by atoms with Gasteiger partial charge < -0.3 is 10.1 Å². The maximum Gasteiger partial charge on any atom is 0.262 e. The van der Waals surface area contributed by atoms with Crippen LogP contribution in [0.1, 0.15) is 31.4 Å². The van der Waals surface area contributed by atoms with Crippen molar-refractivity contribution < 1.29 is 9.53 Å². The molecule has 27 heavy (non-hydrogen) atoms. The summed E-state index contributed by atoms with van der Waals surface area (Å²) in [6.07, 6.45) is 3.13. The Kier molecular flexibility index (Phi) is 4.82. The second-order valence-corrected chi connectivity index (χ2v) is 6.60. The van der Waals surface area contributed by atoms with Gasteiger partial charge in [0.15, 0.2) is 12.4 Å². The van der Waals surface area contributed by atoms with Gasteiger partial charge in [-0.1, -0.05) is 31.2 Å². The molecule has 1 saturated carbocycles. The number of ether oxygens (including phenoxy) is 1. The highest BCUT2D eigenvalue weighted by Crippen LogP contribution is 2.36. The Hall–Kier alpha value is -3.22. The lowest BCUT2D eigenvalue weighted by Crippen LogP contribution is -2.20. The van der Waals surface area contributed by atoms with E-state index in [1.54, 1.807) is 0 Å². The van der Waals surface area contributed by atoms with Crippen molar-refractivity contribution >= 4 is 11.6 Å². The van der Waals surface area contributed by atoms with Crippen molar-refractivity contribution in [3.63, 3.8) is 0 Å². The molecule has 0 unspecified atom stereocenters. The molecular formula is C20H21N5O2. The fourth-order valence-corrected chi connectivity index (χ4v) is 2.89. The van der Waals surface area contributed by atoms with Crippen LogP contribution in [0.4, 0.5) is 5.69 Å². The summed E-state index contributed by atoms with van der Waals surface area (Å²) >= 11 is 0. The van der Waals surface area contributed by atoms with Gasteiger partial charge in [-0.2, -0.15) is 0 Å². The summed E-state index contributed by atoms with van der Waals surface area (Å²) in [6.45, 7) is 2.04. The summed E-state index contributed by atoms with van der Waals surface area (Å²) in [4.78, 5) is 12.2. The lowest BCUT2D eigenvalue weighted by Gasteiger charge is -2.09. The van der Waals surface area contributed by atoms with E-state index in [9.17, 15) is 4.79 Å². The first-order valence-electron chi connectivity index (χ1n) is 9.13. The quantitative estimate of drug-likeness (QED) is 0.697. The number of hydrogen-bond donors (Lipinski definition) is 1. The number of aryl methyl sites for hydroxylation is 1. The largest absolute Gasteiger partial charge is 0.484 e. The van der Waals surface area contributed by atoms with Gasteiger partial charge in [0, 0.05) is 11.3 Å². The van der Waals surface area contributed by atoms with Crippen LogP contribution in [-0.4, -0.2) is 32.7 Å². The molecule has 1 N–H and O–H groups in total. The monoisotopic (exact) mass is 363 g/mol. The second kappa shape index (κ2) is 7.57. The van der Waals surface area contributed by atoms with E-state index in [1.165, 1.54) is 5.56 Å². The summed E-state index contributed by atoms with van der Waals surface area (Å²) in [6, 6.07) is 15.7. The Morgan fingerprint density at radius 1 is 1.22 bits per heavy atom. The number of hydrogen-bond acceptors (Lipinski definition) is 5. The number of anilines is 1. The number of nitrogens with one attached hydrogen (secondary N) is 1. The minimum atomic E-state index is -0.212. The molecule has 1 aliphatic carbocycles. The third-order valence-electron chi connectivity index (χ3n) is 4.47. The predicted molar refractivity (Wildman–Crippen MR) is 101 cm³/mol. The highest BCUT2D eigenvalue weighted by molar-refractivity contribution is 5.92. The zero-order valence-corrected chi connectivity index (χ0v) is 15.1. The van der Waals surface area contributed by atoms with E-state index >= 15 is 0 Å². The van der Waals surface area contributed by atoms with E-state index in [0.717, 1.165) is 30.7 Å². The predicted octanol–water partition coefficient (Wildman–Crippen LogP) is 3.25. The van der Waals surface area contributed by atoms with Crippen molar-refractivity contribution in [2.45, 2.75) is 32.2 Å². The van der Waals surface area contributed by atoms with Gasteiger partial charge in [-0.25, -0.2) is 4.68 Å². The van der Waals surface area contributed by atoms with Crippen molar-refractivity contribution in [2.24, 2.45) is 0 Å². The molecule has 138 valence electrons. The topological polar surface area (TPSA) is 81.9 Å².